The van der Waals surface area contributed by atoms with Crippen LogP contribution in [0.4, 0.5) is 5.69 Å². The molecular formula is C12H19N3O2. The first kappa shape index (κ1) is 13.6. The van der Waals surface area contributed by atoms with E-state index >= 15 is 0 Å². The first-order valence-electron chi connectivity index (χ1n) is 5.75. The van der Waals surface area contributed by atoms with Crippen molar-refractivity contribution in [1.29, 1.82) is 0 Å². The van der Waals surface area contributed by atoms with Gasteiger partial charge in [0, 0.05) is 24.2 Å². The minimum absolute atomic E-state index is 0.0312. The zero-order valence-corrected chi connectivity index (χ0v) is 10.5. The van der Waals surface area contributed by atoms with Crippen LogP contribution in [0.3, 0.4) is 0 Å². The van der Waals surface area contributed by atoms with Gasteiger partial charge in [0.1, 0.15) is 6.20 Å². The number of rotatable bonds is 5. The van der Waals surface area contributed by atoms with E-state index in [1.807, 2.05) is 6.92 Å². The molecule has 5 nitrogen and oxygen atoms in total. The van der Waals surface area contributed by atoms with Gasteiger partial charge in [0.15, 0.2) is 0 Å². The molecule has 0 aromatic carbocycles. The molecule has 0 aliphatic heterocycles. The largest absolute Gasteiger partial charge is 0.327 e. The monoisotopic (exact) mass is 237 g/mol. The number of pyridine rings is 1. The Bertz CT molecular complexity index is 405. The average molecular weight is 237 g/mol. The fourth-order valence-corrected chi connectivity index (χ4v) is 1.84. The Morgan fingerprint density at radius 1 is 1.53 bits per heavy atom. The molecule has 0 saturated carbocycles. The van der Waals surface area contributed by atoms with Crippen LogP contribution in [0.2, 0.25) is 0 Å². The third kappa shape index (κ3) is 4.11. The average Bonchev–Trinajstić information content (AvgIpc) is 2.19. The molecule has 0 aliphatic rings. The van der Waals surface area contributed by atoms with Gasteiger partial charge in [0.25, 0.3) is 5.69 Å². The first-order chi connectivity index (χ1) is 7.90. The van der Waals surface area contributed by atoms with Crippen molar-refractivity contribution in [3.63, 3.8) is 0 Å². The summed E-state index contributed by atoms with van der Waals surface area (Å²) >= 11 is 0. The van der Waals surface area contributed by atoms with E-state index in [0.29, 0.717) is 12.3 Å². The van der Waals surface area contributed by atoms with Crippen LogP contribution in [0.15, 0.2) is 12.3 Å². The number of aryl methyl sites for hydroxylation is 1. The van der Waals surface area contributed by atoms with Crippen LogP contribution in [0.5, 0.6) is 0 Å². The van der Waals surface area contributed by atoms with Gasteiger partial charge in [-0.25, -0.2) is 0 Å². The van der Waals surface area contributed by atoms with E-state index in [2.05, 4.69) is 18.8 Å². The van der Waals surface area contributed by atoms with Crippen LogP contribution in [-0.4, -0.2) is 15.9 Å². The second-order valence-corrected chi connectivity index (χ2v) is 4.81. The van der Waals surface area contributed by atoms with E-state index in [4.69, 9.17) is 5.73 Å². The van der Waals surface area contributed by atoms with Gasteiger partial charge in [-0.05, 0) is 24.8 Å². The summed E-state index contributed by atoms with van der Waals surface area (Å²) in [5, 5.41) is 10.6. The zero-order valence-electron chi connectivity index (χ0n) is 10.5. The molecule has 0 amide bonds. The van der Waals surface area contributed by atoms with E-state index in [1.54, 1.807) is 6.07 Å². The molecule has 0 spiro atoms. The predicted molar refractivity (Wildman–Crippen MR) is 66.8 cm³/mol. The molecule has 0 aliphatic carbocycles. The summed E-state index contributed by atoms with van der Waals surface area (Å²) in [5.41, 5.74) is 7.71. The summed E-state index contributed by atoms with van der Waals surface area (Å²) in [5.74, 6) is 0.545. The van der Waals surface area contributed by atoms with Gasteiger partial charge in [-0.2, -0.15) is 0 Å². The van der Waals surface area contributed by atoms with Gasteiger partial charge in [-0.15, -0.1) is 0 Å². The Balaban J connectivity index is 2.75. The van der Waals surface area contributed by atoms with E-state index in [9.17, 15) is 10.1 Å². The highest BCUT2D eigenvalue weighted by Gasteiger charge is 2.13. The molecule has 17 heavy (non-hydrogen) atoms. The van der Waals surface area contributed by atoms with Gasteiger partial charge < -0.3 is 5.73 Å². The van der Waals surface area contributed by atoms with Gasteiger partial charge in [-0.1, -0.05) is 13.8 Å². The van der Waals surface area contributed by atoms with Gasteiger partial charge in [-0.3, -0.25) is 15.1 Å². The highest BCUT2D eigenvalue weighted by Crippen LogP contribution is 2.16. The Morgan fingerprint density at radius 2 is 2.18 bits per heavy atom. The Labute approximate surface area is 101 Å². The maximum absolute atomic E-state index is 10.6. The van der Waals surface area contributed by atoms with Crippen LogP contribution < -0.4 is 5.73 Å². The molecule has 1 aromatic heterocycles. The summed E-state index contributed by atoms with van der Waals surface area (Å²) < 4.78 is 0. The van der Waals surface area contributed by atoms with Crippen LogP contribution in [0.25, 0.3) is 0 Å². The Morgan fingerprint density at radius 3 is 2.65 bits per heavy atom. The summed E-state index contributed by atoms with van der Waals surface area (Å²) in [6.07, 6.45) is 2.89. The SMILES string of the molecule is Cc1cc([N+](=O)[O-])cnc1CC(N)CC(C)C. The van der Waals surface area contributed by atoms with Crippen molar-refractivity contribution < 1.29 is 4.92 Å². The van der Waals surface area contributed by atoms with Crippen LogP contribution >= 0.6 is 0 Å². The van der Waals surface area contributed by atoms with Gasteiger partial charge in [0.05, 0.1) is 4.92 Å². The zero-order chi connectivity index (χ0) is 13.0. The molecule has 1 heterocycles. The molecule has 94 valence electrons. The summed E-state index contributed by atoms with van der Waals surface area (Å²) in [6, 6.07) is 1.60. The summed E-state index contributed by atoms with van der Waals surface area (Å²) in [6.45, 7) is 6.07. The van der Waals surface area contributed by atoms with E-state index in [-0.39, 0.29) is 11.7 Å². The third-order valence-electron chi connectivity index (χ3n) is 2.61. The quantitative estimate of drug-likeness (QED) is 0.628. The molecule has 1 unspecified atom stereocenters. The van der Waals surface area contributed by atoms with Crippen molar-refractivity contribution in [2.75, 3.05) is 0 Å². The summed E-state index contributed by atoms with van der Waals surface area (Å²) in [4.78, 5) is 14.3. The fourth-order valence-electron chi connectivity index (χ4n) is 1.84. The van der Waals surface area contributed by atoms with Crippen LogP contribution in [-0.2, 0) is 6.42 Å². The molecule has 1 aromatic rings. The predicted octanol–water partition coefficient (Wildman–Crippen LogP) is 2.21. The van der Waals surface area contributed by atoms with E-state index in [0.717, 1.165) is 17.7 Å². The first-order valence-corrected chi connectivity index (χ1v) is 5.75. The number of nitrogens with two attached hydrogens (primary N) is 1. The van der Waals surface area contributed by atoms with Crippen molar-refractivity contribution in [3.05, 3.63) is 33.6 Å². The van der Waals surface area contributed by atoms with Gasteiger partial charge >= 0.3 is 0 Å². The van der Waals surface area contributed by atoms with Crippen molar-refractivity contribution in [3.8, 4) is 0 Å². The lowest BCUT2D eigenvalue weighted by Gasteiger charge is -2.14. The maximum Gasteiger partial charge on any atom is 0.287 e. The van der Waals surface area contributed by atoms with E-state index < -0.39 is 4.92 Å². The molecule has 0 fully saturated rings. The lowest BCUT2D eigenvalue weighted by Crippen LogP contribution is -2.25. The minimum Gasteiger partial charge on any atom is -0.327 e. The topological polar surface area (TPSA) is 82.0 Å². The molecular weight excluding hydrogens is 218 g/mol. The smallest absolute Gasteiger partial charge is 0.287 e. The van der Waals surface area contributed by atoms with Crippen molar-refractivity contribution in [1.82, 2.24) is 4.98 Å². The molecule has 5 heteroatoms. The van der Waals surface area contributed by atoms with Crippen molar-refractivity contribution in [2.45, 2.75) is 39.7 Å². The highest BCUT2D eigenvalue weighted by molar-refractivity contribution is 5.33. The molecule has 2 N–H and O–H groups in total. The molecule has 1 atom stereocenters. The number of nitro groups is 1. The van der Waals surface area contributed by atoms with Crippen LogP contribution in [0, 0.1) is 23.0 Å². The lowest BCUT2D eigenvalue weighted by atomic mass is 9.99. The van der Waals surface area contributed by atoms with Gasteiger partial charge in [0.2, 0.25) is 0 Å². The minimum atomic E-state index is -0.433. The molecule has 0 saturated heterocycles. The molecule has 1 rings (SSSR count). The Hall–Kier alpha value is -1.49. The van der Waals surface area contributed by atoms with Crippen molar-refractivity contribution in [2.24, 2.45) is 11.7 Å². The molecule has 0 bridgehead atoms. The third-order valence-corrected chi connectivity index (χ3v) is 2.61. The fraction of sp³-hybridized carbons (Fsp3) is 0.583. The number of hydrogen-bond donors (Lipinski definition) is 1. The standard InChI is InChI=1S/C12H19N3O2/c1-8(2)4-10(13)6-12-9(3)5-11(7-14-12)15(16)17/h5,7-8,10H,4,6,13H2,1-3H3. The van der Waals surface area contributed by atoms with Crippen LogP contribution in [0.1, 0.15) is 31.5 Å². The second-order valence-electron chi connectivity index (χ2n) is 4.81. The number of nitrogens with zero attached hydrogens (tertiary/aromatic N) is 2. The van der Waals surface area contributed by atoms with E-state index in [1.165, 1.54) is 6.20 Å². The number of aromatic nitrogens is 1. The maximum atomic E-state index is 10.6. The highest BCUT2D eigenvalue weighted by atomic mass is 16.6. The number of hydrogen-bond acceptors (Lipinski definition) is 4. The Kier molecular flexibility index (Phi) is 4.57. The molecule has 0 radical (unpaired) electrons. The van der Waals surface area contributed by atoms with Crippen molar-refractivity contribution >= 4 is 5.69 Å². The second kappa shape index (κ2) is 5.72. The normalized spacial score (nSPS) is 12.8. The summed E-state index contributed by atoms with van der Waals surface area (Å²) in [7, 11) is 0. The lowest BCUT2D eigenvalue weighted by molar-refractivity contribution is -0.385.